The molecule has 0 aliphatic rings. The third-order valence-corrected chi connectivity index (χ3v) is 3.24. The van der Waals surface area contributed by atoms with Crippen LogP contribution in [0.2, 0.25) is 0 Å². The zero-order chi connectivity index (χ0) is 18.3. The lowest BCUT2D eigenvalue weighted by Gasteiger charge is -2.18. The Kier molecular flexibility index (Phi) is 18.3. The molecule has 0 aliphatic heterocycles. The SMILES string of the molecule is CCCCCCCCCC.O.O=C(O)CC(O)(CC(=O)O)C(=O)O. The van der Waals surface area contributed by atoms with Gasteiger partial charge in [-0.2, -0.15) is 0 Å². The summed E-state index contributed by atoms with van der Waals surface area (Å²) in [5.41, 5.74) is -2.74. The number of hydrogen-bond donors (Lipinski definition) is 4. The Morgan fingerprint density at radius 3 is 1.21 bits per heavy atom. The van der Waals surface area contributed by atoms with E-state index in [4.69, 9.17) is 20.4 Å². The first-order chi connectivity index (χ1) is 10.7. The molecule has 0 rings (SSSR count). The molecule has 0 saturated carbocycles. The molecule has 8 heteroatoms. The van der Waals surface area contributed by atoms with Gasteiger partial charge in [0, 0.05) is 0 Å². The standard InChI is InChI=1S/C10H22.C6H8O7.H2O/c1-3-5-7-9-10-8-6-4-2;7-3(8)1-6(13,5(11)12)2-4(9)10;/h3-10H2,1-2H3;13H,1-2H2,(H,7,8)(H,9,10)(H,11,12);1H2. The molecule has 6 N–H and O–H groups in total. The number of hydrogen-bond acceptors (Lipinski definition) is 4. The first kappa shape index (κ1) is 27.2. The van der Waals surface area contributed by atoms with E-state index >= 15 is 0 Å². The summed E-state index contributed by atoms with van der Waals surface area (Å²) in [5, 5.41) is 33.8. The summed E-state index contributed by atoms with van der Waals surface area (Å²) < 4.78 is 0. The maximum Gasteiger partial charge on any atom is 0.336 e. The Hall–Kier alpha value is -1.67. The molecule has 0 radical (unpaired) electrons. The van der Waals surface area contributed by atoms with Gasteiger partial charge in [0.2, 0.25) is 0 Å². The van der Waals surface area contributed by atoms with Crippen molar-refractivity contribution in [1.82, 2.24) is 0 Å². The van der Waals surface area contributed by atoms with Crippen molar-refractivity contribution in [3.8, 4) is 0 Å². The number of aliphatic hydroxyl groups is 1. The zero-order valence-corrected chi connectivity index (χ0v) is 14.6. The van der Waals surface area contributed by atoms with Gasteiger partial charge in [-0.3, -0.25) is 9.59 Å². The third-order valence-electron chi connectivity index (χ3n) is 3.24. The molecule has 8 nitrogen and oxygen atoms in total. The first-order valence-electron chi connectivity index (χ1n) is 8.09. The second-order valence-electron chi connectivity index (χ2n) is 5.60. The molecule has 24 heavy (non-hydrogen) atoms. The number of carboxylic acid groups (broad SMARTS) is 3. The highest BCUT2D eigenvalue weighted by Crippen LogP contribution is 2.15. The lowest BCUT2D eigenvalue weighted by atomic mass is 9.96. The van der Waals surface area contributed by atoms with Gasteiger partial charge in [-0.25, -0.2) is 4.79 Å². The molecule has 0 fully saturated rings. The molecule has 0 atom stereocenters. The fraction of sp³-hybridized carbons (Fsp3) is 0.812. The van der Waals surface area contributed by atoms with Crippen LogP contribution in [0.25, 0.3) is 0 Å². The number of rotatable bonds is 12. The molecule has 0 aliphatic carbocycles. The Morgan fingerprint density at radius 1 is 0.708 bits per heavy atom. The number of unbranched alkanes of at least 4 members (excludes halogenated alkanes) is 7. The summed E-state index contributed by atoms with van der Waals surface area (Å²) in [7, 11) is 0. The lowest BCUT2D eigenvalue weighted by molar-refractivity contribution is -0.170. The summed E-state index contributed by atoms with van der Waals surface area (Å²) in [5.74, 6) is -5.02. The maximum atomic E-state index is 10.3. The normalized spacial score (nSPS) is 10.1. The van der Waals surface area contributed by atoms with E-state index in [1.807, 2.05) is 0 Å². The molecule has 0 amide bonds. The van der Waals surface area contributed by atoms with E-state index in [1.54, 1.807) is 0 Å². The van der Waals surface area contributed by atoms with E-state index in [2.05, 4.69) is 13.8 Å². The molecular formula is C16H32O8. The van der Waals surface area contributed by atoms with Crippen LogP contribution in [0.4, 0.5) is 0 Å². The Morgan fingerprint density at radius 2 is 1.00 bits per heavy atom. The molecule has 0 bridgehead atoms. The summed E-state index contributed by atoms with van der Waals surface area (Å²) in [6, 6.07) is 0. The molecular weight excluding hydrogens is 320 g/mol. The van der Waals surface area contributed by atoms with E-state index in [0.29, 0.717) is 0 Å². The number of carboxylic acids is 3. The monoisotopic (exact) mass is 352 g/mol. The van der Waals surface area contributed by atoms with E-state index < -0.39 is 36.4 Å². The van der Waals surface area contributed by atoms with Crippen LogP contribution in [0.3, 0.4) is 0 Å². The molecule has 0 aromatic carbocycles. The maximum absolute atomic E-state index is 10.3. The molecule has 0 spiro atoms. The quantitative estimate of drug-likeness (QED) is 0.390. The van der Waals surface area contributed by atoms with Crippen molar-refractivity contribution in [2.24, 2.45) is 0 Å². The van der Waals surface area contributed by atoms with Crippen molar-refractivity contribution < 1.29 is 40.3 Å². The Balaban J connectivity index is -0.000000364. The van der Waals surface area contributed by atoms with Crippen molar-refractivity contribution in [1.29, 1.82) is 0 Å². The van der Waals surface area contributed by atoms with Crippen LogP contribution in [0.1, 0.15) is 78.1 Å². The van der Waals surface area contributed by atoms with Crippen molar-refractivity contribution in [3.05, 3.63) is 0 Å². The van der Waals surface area contributed by atoms with E-state index in [9.17, 15) is 14.4 Å². The topological polar surface area (TPSA) is 164 Å². The molecule has 0 unspecified atom stereocenters. The summed E-state index contributed by atoms with van der Waals surface area (Å²) in [6.07, 6.45) is 9.17. The molecule has 144 valence electrons. The predicted molar refractivity (Wildman–Crippen MR) is 89.0 cm³/mol. The van der Waals surface area contributed by atoms with Crippen LogP contribution in [0.15, 0.2) is 0 Å². The number of aliphatic carboxylic acids is 3. The highest BCUT2D eigenvalue weighted by atomic mass is 16.4. The highest BCUT2D eigenvalue weighted by molar-refractivity contribution is 5.88. The van der Waals surface area contributed by atoms with Crippen molar-refractivity contribution in [2.75, 3.05) is 0 Å². The van der Waals surface area contributed by atoms with Crippen molar-refractivity contribution >= 4 is 17.9 Å². The van der Waals surface area contributed by atoms with Crippen LogP contribution in [-0.2, 0) is 14.4 Å². The minimum absolute atomic E-state index is 0. The van der Waals surface area contributed by atoms with E-state index in [0.717, 1.165) is 0 Å². The smallest absolute Gasteiger partial charge is 0.336 e. The van der Waals surface area contributed by atoms with Crippen LogP contribution in [0, 0.1) is 0 Å². The van der Waals surface area contributed by atoms with Crippen LogP contribution in [-0.4, -0.2) is 49.4 Å². The Bertz CT molecular complexity index is 330. The predicted octanol–water partition coefficient (Wildman–Crippen LogP) is 2.07. The van der Waals surface area contributed by atoms with Crippen molar-refractivity contribution in [2.45, 2.75) is 83.7 Å². The van der Waals surface area contributed by atoms with Gasteiger partial charge >= 0.3 is 17.9 Å². The minimum atomic E-state index is -2.74. The van der Waals surface area contributed by atoms with Crippen LogP contribution in [0.5, 0.6) is 0 Å². The van der Waals surface area contributed by atoms with Gasteiger partial charge in [0.15, 0.2) is 5.60 Å². The average Bonchev–Trinajstić information content (AvgIpc) is 2.41. The Labute approximate surface area is 142 Å². The van der Waals surface area contributed by atoms with E-state index in [-0.39, 0.29) is 5.48 Å². The van der Waals surface area contributed by atoms with Crippen LogP contribution < -0.4 is 0 Å². The number of carbonyl (C=O) groups is 3. The van der Waals surface area contributed by atoms with Crippen LogP contribution >= 0.6 is 0 Å². The fourth-order valence-corrected chi connectivity index (χ4v) is 1.92. The highest BCUT2D eigenvalue weighted by Gasteiger charge is 2.40. The van der Waals surface area contributed by atoms with Gasteiger partial charge in [-0.1, -0.05) is 65.2 Å². The second-order valence-corrected chi connectivity index (χ2v) is 5.60. The second kappa shape index (κ2) is 16.2. The van der Waals surface area contributed by atoms with Gasteiger partial charge in [0.05, 0.1) is 12.8 Å². The van der Waals surface area contributed by atoms with Gasteiger partial charge in [0.25, 0.3) is 0 Å². The lowest BCUT2D eigenvalue weighted by Crippen LogP contribution is -2.42. The largest absolute Gasteiger partial charge is 0.481 e. The summed E-state index contributed by atoms with van der Waals surface area (Å²) in [6.45, 7) is 4.54. The zero-order valence-electron chi connectivity index (χ0n) is 14.6. The molecule has 0 saturated heterocycles. The van der Waals surface area contributed by atoms with Gasteiger partial charge in [-0.15, -0.1) is 0 Å². The van der Waals surface area contributed by atoms with Crippen molar-refractivity contribution in [3.63, 3.8) is 0 Å². The molecule has 0 heterocycles. The molecule has 0 aromatic heterocycles. The van der Waals surface area contributed by atoms with E-state index in [1.165, 1.54) is 51.4 Å². The summed E-state index contributed by atoms with van der Waals surface area (Å²) in [4.78, 5) is 30.5. The average molecular weight is 352 g/mol. The van der Waals surface area contributed by atoms with Gasteiger partial charge in [-0.05, 0) is 0 Å². The first-order valence-corrected chi connectivity index (χ1v) is 8.09. The van der Waals surface area contributed by atoms with Gasteiger partial charge < -0.3 is 25.9 Å². The minimum Gasteiger partial charge on any atom is -0.481 e. The van der Waals surface area contributed by atoms with Gasteiger partial charge in [0.1, 0.15) is 0 Å². The molecule has 0 aromatic rings. The summed E-state index contributed by atoms with van der Waals surface area (Å²) >= 11 is 0. The third kappa shape index (κ3) is 16.7. The fourth-order valence-electron chi connectivity index (χ4n) is 1.92.